The van der Waals surface area contributed by atoms with Crippen molar-refractivity contribution in [1.29, 1.82) is 0 Å². The first-order chi connectivity index (χ1) is 15.5. The Bertz CT molecular complexity index is 1400. The summed E-state index contributed by atoms with van der Waals surface area (Å²) in [5, 5.41) is 1.06. The highest BCUT2D eigenvalue weighted by atomic mass is 127. The summed E-state index contributed by atoms with van der Waals surface area (Å²) in [6.45, 7) is 4.39. The van der Waals surface area contributed by atoms with Crippen LogP contribution in [0.2, 0.25) is 0 Å². The van der Waals surface area contributed by atoms with Crippen LogP contribution < -0.4 is 34.1 Å². The van der Waals surface area contributed by atoms with Crippen LogP contribution in [-0.2, 0) is 22.6 Å². The molecule has 168 valence electrons. The fraction of sp³-hybridized carbons (Fsp3) is 0.231. The molecule has 0 aliphatic carbocycles. The lowest BCUT2D eigenvalue weighted by Gasteiger charge is -2.19. The monoisotopic (exact) mass is 553 g/mol. The molecule has 4 heterocycles. The van der Waals surface area contributed by atoms with Gasteiger partial charge in [-0.25, -0.2) is 9.78 Å². The summed E-state index contributed by atoms with van der Waals surface area (Å²) in [4.78, 5) is 30.7. The molecule has 33 heavy (non-hydrogen) atoms. The van der Waals surface area contributed by atoms with E-state index in [9.17, 15) is 9.59 Å². The molecule has 0 amide bonds. The van der Waals surface area contributed by atoms with Gasteiger partial charge >= 0.3 is 5.97 Å². The van der Waals surface area contributed by atoms with E-state index in [-0.39, 0.29) is 42.0 Å². The van der Waals surface area contributed by atoms with Crippen molar-refractivity contribution in [3.8, 4) is 11.4 Å². The van der Waals surface area contributed by atoms with Crippen LogP contribution in [0.4, 0.5) is 0 Å². The molecule has 1 atom stereocenters. The van der Waals surface area contributed by atoms with E-state index in [1.54, 1.807) is 16.1 Å². The largest absolute Gasteiger partial charge is 1.00 e. The number of carbonyl (C=O) groups is 1. The second-order valence-electron chi connectivity index (χ2n) is 8.12. The van der Waals surface area contributed by atoms with Crippen molar-refractivity contribution >= 4 is 16.9 Å². The number of ether oxygens (including phenoxy) is 1. The Balaban J connectivity index is 0.00000259. The van der Waals surface area contributed by atoms with Gasteiger partial charge < -0.3 is 33.3 Å². The van der Waals surface area contributed by atoms with Crippen molar-refractivity contribution < 1.29 is 38.1 Å². The Labute approximate surface area is 208 Å². The van der Waals surface area contributed by atoms with E-state index < -0.39 is 6.10 Å². The summed E-state index contributed by atoms with van der Waals surface area (Å²) >= 11 is 0. The molecular formula is C26H24IN3O3. The molecule has 6 nitrogen and oxygen atoms in total. The average Bonchev–Trinajstić information content (AvgIpc) is 3.16. The van der Waals surface area contributed by atoms with Gasteiger partial charge in [0, 0.05) is 34.2 Å². The van der Waals surface area contributed by atoms with E-state index in [1.165, 1.54) is 0 Å². The number of benzene rings is 1. The molecule has 0 fully saturated rings. The van der Waals surface area contributed by atoms with Gasteiger partial charge in [-0.2, -0.15) is 4.57 Å². The average molecular weight is 553 g/mol. The number of fused-ring (bicyclic) bond motifs is 4. The topological polar surface area (TPSA) is 65.1 Å². The predicted molar refractivity (Wildman–Crippen MR) is 121 cm³/mol. The van der Waals surface area contributed by atoms with Crippen LogP contribution >= 0.6 is 0 Å². The van der Waals surface area contributed by atoms with E-state index in [0.29, 0.717) is 18.5 Å². The lowest BCUT2D eigenvalue weighted by molar-refractivity contribution is -0.686. The molecule has 1 aliphatic rings. The maximum Gasteiger partial charge on any atom is 0.373 e. The van der Waals surface area contributed by atoms with Gasteiger partial charge in [0.25, 0.3) is 5.56 Å². The van der Waals surface area contributed by atoms with Gasteiger partial charge in [0.15, 0.2) is 12.4 Å². The summed E-state index contributed by atoms with van der Waals surface area (Å²) in [6, 6.07) is 17.7. The second-order valence-corrected chi connectivity index (χ2v) is 8.12. The number of pyridine rings is 3. The van der Waals surface area contributed by atoms with Gasteiger partial charge in [-0.05, 0) is 31.5 Å². The summed E-state index contributed by atoms with van der Waals surface area (Å²) in [7, 11) is 0. The highest BCUT2D eigenvalue weighted by Crippen LogP contribution is 2.34. The Morgan fingerprint density at radius 3 is 2.67 bits per heavy atom. The molecule has 0 saturated heterocycles. The zero-order valence-corrected chi connectivity index (χ0v) is 20.7. The maximum absolute atomic E-state index is 13.2. The number of carbonyl (C=O) groups excluding carboxylic acids is 1. The van der Waals surface area contributed by atoms with Crippen molar-refractivity contribution in [3.05, 3.63) is 94.0 Å². The van der Waals surface area contributed by atoms with Crippen LogP contribution in [0.5, 0.6) is 0 Å². The number of halogens is 1. The van der Waals surface area contributed by atoms with Crippen LogP contribution in [0.15, 0.2) is 71.8 Å². The van der Waals surface area contributed by atoms with Crippen molar-refractivity contribution in [1.82, 2.24) is 9.55 Å². The Kier molecular flexibility index (Phi) is 6.60. The van der Waals surface area contributed by atoms with Crippen molar-refractivity contribution in [2.24, 2.45) is 0 Å². The Morgan fingerprint density at radius 2 is 1.91 bits per heavy atom. The van der Waals surface area contributed by atoms with E-state index in [2.05, 4.69) is 6.07 Å². The summed E-state index contributed by atoms with van der Waals surface area (Å²) in [6.07, 6.45) is 3.73. The minimum absolute atomic E-state index is 0. The fourth-order valence-electron chi connectivity index (χ4n) is 4.38. The number of esters is 1. The minimum Gasteiger partial charge on any atom is -1.00 e. The van der Waals surface area contributed by atoms with E-state index in [4.69, 9.17) is 9.72 Å². The second kappa shape index (κ2) is 9.43. The third kappa shape index (κ3) is 4.29. The zero-order chi connectivity index (χ0) is 22.2. The van der Waals surface area contributed by atoms with E-state index in [1.807, 2.05) is 67.8 Å². The van der Waals surface area contributed by atoms with E-state index in [0.717, 1.165) is 33.4 Å². The normalized spacial score (nSPS) is 12.5. The first kappa shape index (κ1) is 23.1. The SMILES string of the molecule is CCC(OC(=O)C[n+]1ccccc1)c1cc2n(c(=O)c1C)Cc1cc3ccccc3nc1-2.[I-]. The van der Waals surface area contributed by atoms with Gasteiger partial charge in [0.1, 0.15) is 6.10 Å². The number of aromatic nitrogens is 3. The summed E-state index contributed by atoms with van der Waals surface area (Å²) < 4.78 is 9.35. The zero-order valence-electron chi connectivity index (χ0n) is 18.5. The van der Waals surface area contributed by atoms with Gasteiger partial charge in [0.2, 0.25) is 6.54 Å². The molecule has 7 heteroatoms. The molecule has 0 spiro atoms. The molecule has 3 aromatic heterocycles. The van der Waals surface area contributed by atoms with Crippen LogP contribution in [0.1, 0.15) is 36.1 Å². The molecule has 0 N–H and O–H groups in total. The van der Waals surface area contributed by atoms with Gasteiger partial charge in [-0.15, -0.1) is 0 Å². The number of hydrogen-bond acceptors (Lipinski definition) is 4. The van der Waals surface area contributed by atoms with E-state index >= 15 is 0 Å². The molecule has 1 aliphatic heterocycles. The highest BCUT2D eigenvalue weighted by Gasteiger charge is 2.27. The minimum atomic E-state index is -0.491. The van der Waals surface area contributed by atoms with Crippen LogP contribution in [0.3, 0.4) is 0 Å². The molecule has 0 saturated carbocycles. The predicted octanol–water partition coefficient (Wildman–Crippen LogP) is 0.720. The molecule has 5 rings (SSSR count). The Hall–Kier alpha value is -3.07. The maximum atomic E-state index is 13.2. The van der Waals surface area contributed by atoms with Crippen LogP contribution in [-0.4, -0.2) is 15.5 Å². The standard InChI is InChI=1S/C26H24N3O3.HI/c1-3-23(32-24(30)16-28-11-7-4-8-12-28)20-14-22-25-19(15-29(22)26(31)17(20)2)13-18-9-5-6-10-21(18)27-25;/h4-14,23H,3,15-16H2,1-2H3;1H/q+1;/p-1. The fourth-order valence-corrected chi connectivity index (χ4v) is 4.38. The number of nitrogens with zero attached hydrogens (tertiary/aromatic N) is 3. The lowest BCUT2D eigenvalue weighted by atomic mass is 10.0. The van der Waals surface area contributed by atoms with Crippen molar-refractivity contribution in [2.75, 3.05) is 0 Å². The molecule has 1 aromatic carbocycles. The number of hydrogen-bond donors (Lipinski definition) is 0. The summed E-state index contributed by atoms with van der Waals surface area (Å²) in [5.74, 6) is -0.336. The van der Waals surface area contributed by atoms with Crippen LogP contribution in [0.25, 0.3) is 22.3 Å². The molecular weight excluding hydrogens is 529 g/mol. The first-order valence-electron chi connectivity index (χ1n) is 10.8. The number of rotatable bonds is 5. The van der Waals surface area contributed by atoms with Crippen LogP contribution in [0, 0.1) is 6.92 Å². The lowest BCUT2D eigenvalue weighted by Crippen LogP contribution is -3.00. The molecule has 0 bridgehead atoms. The van der Waals surface area contributed by atoms with Crippen molar-refractivity contribution in [2.45, 2.75) is 39.5 Å². The summed E-state index contributed by atoms with van der Waals surface area (Å²) in [5.41, 5.74) is 4.82. The smallest absolute Gasteiger partial charge is 0.373 e. The third-order valence-electron chi connectivity index (χ3n) is 6.04. The number of para-hydroxylation sites is 1. The molecule has 0 radical (unpaired) electrons. The van der Waals surface area contributed by atoms with Gasteiger partial charge in [0.05, 0.1) is 23.4 Å². The first-order valence-corrected chi connectivity index (χ1v) is 10.8. The van der Waals surface area contributed by atoms with Gasteiger partial charge in [-0.1, -0.05) is 31.2 Å². The molecule has 1 unspecified atom stereocenters. The van der Waals surface area contributed by atoms with Crippen molar-refractivity contribution in [3.63, 3.8) is 0 Å². The molecule has 4 aromatic rings. The van der Waals surface area contributed by atoms with Gasteiger partial charge in [-0.3, -0.25) is 4.79 Å². The third-order valence-corrected chi connectivity index (χ3v) is 6.04. The Morgan fingerprint density at radius 1 is 1.15 bits per heavy atom. The highest BCUT2D eigenvalue weighted by molar-refractivity contribution is 5.84. The quantitative estimate of drug-likeness (QED) is 0.183.